The van der Waals surface area contributed by atoms with E-state index in [9.17, 15) is 15.0 Å². The molecule has 4 fully saturated rings. The summed E-state index contributed by atoms with van der Waals surface area (Å²) >= 11 is 0. The van der Waals surface area contributed by atoms with Gasteiger partial charge in [-0.1, -0.05) is 48.9 Å². The smallest absolute Gasteiger partial charge is 0.136 e. The Kier molecular flexibility index (Phi) is 9.86. The molecule has 0 heterocycles. The predicted molar refractivity (Wildman–Crippen MR) is 152 cm³/mol. The molecule has 5 nitrogen and oxygen atoms in total. The number of carbonyl (C=O) groups excluding carboxylic acids is 1. The highest BCUT2D eigenvalue weighted by Gasteiger charge is 2.52. The van der Waals surface area contributed by atoms with Gasteiger partial charge in [0.25, 0.3) is 0 Å². The Balaban J connectivity index is 0.000000194. The molecule has 4 unspecified atom stereocenters. The van der Waals surface area contributed by atoms with E-state index in [0.717, 1.165) is 18.3 Å². The van der Waals surface area contributed by atoms with Gasteiger partial charge in [-0.15, -0.1) is 12.4 Å². The quantitative estimate of drug-likeness (QED) is 0.343. The summed E-state index contributed by atoms with van der Waals surface area (Å²) in [6.45, 7) is 0. The topological polar surface area (TPSA) is 109 Å². The van der Waals surface area contributed by atoms with Gasteiger partial charge < -0.3 is 20.8 Å². The fourth-order valence-corrected chi connectivity index (χ4v) is 7.15. The zero-order chi connectivity index (χ0) is 25.1. The minimum Gasteiger partial charge on any atom is -0.508 e. The number of carbonyl (C=O) groups is 1. The third-order valence-corrected chi connectivity index (χ3v) is 8.86. The molecule has 3 aromatic carbocycles. The highest BCUT2D eigenvalue weighted by Crippen LogP contribution is 2.60. The number of para-hydroxylation sites is 1. The van der Waals surface area contributed by atoms with Gasteiger partial charge in [0.2, 0.25) is 0 Å². The summed E-state index contributed by atoms with van der Waals surface area (Å²) in [4.78, 5) is 10.8. The lowest BCUT2D eigenvalue weighted by Gasteiger charge is -2.39. The van der Waals surface area contributed by atoms with Crippen molar-refractivity contribution in [2.45, 2.75) is 56.8 Å². The van der Waals surface area contributed by atoms with E-state index in [-0.39, 0.29) is 23.3 Å². The van der Waals surface area contributed by atoms with Crippen molar-refractivity contribution in [3.05, 3.63) is 90.0 Å². The molecule has 4 aliphatic rings. The number of phenols is 3. The van der Waals surface area contributed by atoms with E-state index in [0.29, 0.717) is 34.9 Å². The molecule has 5 N–H and O–H groups in total. The standard InChI is InChI=1S/C19H20O2.C7H10O.C6H6O.ClH.H2O/c20-17-7-3-14(4-8-17)19(12-13-1-2-16(19)11-13)15-5-9-18(21)10-6-15;8-7-4-5-1-2-6(7)3-5;7-6-4-2-1-3-5-6;;/h3-10,13,16,20-21H,1-2,11-12H2;5-6H,1-4H2;1-5,7H;1H;1H2. The maximum atomic E-state index is 10.8. The van der Waals surface area contributed by atoms with Gasteiger partial charge in [-0.3, -0.25) is 4.79 Å². The molecule has 38 heavy (non-hydrogen) atoms. The predicted octanol–water partition coefficient (Wildman–Crippen LogP) is 6.57. The van der Waals surface area contributed by atoms with Crippen molar-refractivity contribution in [1.82, 2.24) is 0 Å². The van der Waals surface area contributed by atoms with Gasteiger partial charge in [0, 0.05) is 17.8 Å². The molecule has 0 radical (unpaired) electrons. The molecule has 0 aliphatic heterocycles. The van der Waals surface area contributed by atoms with Crippen LogP contribution >= 0.6 is 12.4 Å². The van der Waals surface area contributed by atoms with Gasteiger partial charge in [-0.25, -0.2) is 0 Å². The molecule has 4 atom stereocenters. The normalized spacial score (nSPS) is 25.2. The third-order valence-electron chi connectivity index (χ3n) is 8.86. The summed E-state index contributed by atoms with van der Waals surface area (Å²) in [5.41, 5.74) is 2.67. The molecule has 4 bridgehead atoms. The average Bonchev–Trinajstić information content (AvgIpc) is 3.68. The third kappa shape index (κ3) is 6.16. The van der Waals surface area contributed by atoms with Crippen LogP contribution in [0.1, 0.15) is 62.5 Å². The van der Waals surface area contributed by atoms with Gasteiger partial charge in [0.15, 0.2) is 0 Å². The van der Waals surface area contributed by atoms with E-state index in [4.69, 9.17) is 5.11 Å². The summed E-state index contributed by atoms with van der Waals surface area (Å²) in [7, 11) is 0. The van der Waals surface area contributed by atoms with E-state index in [1.54, 1.807) is 48.5 Å². The molecule has 0 spiro atoms. The van der Waals surface area contributed by atoms with Gasteiger partial charge in [-0.2, -0.15) is 0 Å². The van der Waals surface area contributed by atoms with E-state index >= 15 is 0 Å². The largest absolute Gasteiger partial charge is 0.508 e. The van der Waals surface area contributed by atoms with E-state index in [1.807, 2.05) is 6.07 Å². The van der Waals surface area contributed by atoms with Crippen LogP contribution in [0.5, 0.6) is 17.2 Å². The van der Waals surface area contributed by atoms with Crippen LogP contribution in [0.2, 0.25) is 0 Å². The molecule has 3 aromatic rings. The number of Topliss-reactive ketones (excluding diaryl/α,β-unsaturated/α-hetero) is 1. The SMILES string of the molecule is Cl.O.O=C1CC2CCC1C2.Oc1ccc(C2(c3ccc(O)cc3)CC3CCC2C3)cc1.Oc1ccccc1. The zero-order valence-corrected chi connectivity index (χ0v) is 22.4. The number of hydrogen-bond acceptors (Lipinski definition) is 4. The maximum absolute atomic E-state index is 10.8. The van der Waals surface area contributed by atoms with Crippen molar-refractivity contribution >= 4 is 18.2 Å². The van der Waals surface area contributed by atoms with Crippen molar-refractivity contribution in [3.63, 3.8) is 0 Å². The molecule has 4 aliphatic carbocycles. The van der Waals surface area contributed by atoms with Crippen LogP contribution in [0.4, 0.5) is 0 Å². The first-order valence-corrected chi connectivity index (χ1v) is 13.3. The Morgan fingerprint density at radius 3 is 1.47 bits per heavy atom. The van der Waals surface area contributed by atoms with Crippen molar-refractivity contribution in [2.24, 2.45) is 23.7 Å². The van der Waals surface area contributed by atoms with E-state index < -0.39 is 0 Å². The Bertz CT molecular complexity index is 1120. The number of rotatable bonds is 2. The summed E-state index contributed by atoms with van der Waals surface area (Å²) < 4.78 is 0. The van der Waals surface area contributed by atoms with Crippen LogP contribution in [-0.4, -0.2) is 26.6 Å². The van der Waals surface area contributed by atoms with Gasteiger partial charge in [0.05, 0.1) is 0 Å². The lowest BCUT2D eigenvalue weighted by molar-refractivity contribution is -0.121. The van der Waals surface area contributed by atoms with E-state index in [1.165, 1.54) is 56.1 Å². The Morgan fingerprint density at radius 2 is 1.16 bits per heavy atom. The number of hydrogen-bond donors (Lipinski definition) is 3. The molecular weight excluding hydrogens is 500 g/mol. The second kappa shape index (κ2) is 12.7. The summed E-state index contributed by atoms with van der Waals surface area (Å²) in [5.74, 6) is 4.30. The monoisotopic (exact) mass is 538 g/mol. The second-order valence-electron chi connectivity index (χ2n) is 11.0. The lowest BCUT2D eigenvalue weighted by Crippen LogP contribution is -2.33. The van der Waals surface area contributed by atoms with Crippen molar-refractivity contribution < 1.29 is 25.6 Å². The Morgan fingerprint density at radius 1 is 0.632 bits per heavy atom. The van der Waals surface area contributed by atoms with Crippen molar-refractivity contribution in [1.29, 1.82) is 0 Å². The fourth-order valence-electron chi connectivity index (χ4n) is 7.15. The first-order valence-electron chi connectivity index (χ1n) is 13.3. The van der Waals surface area contributed by atoms with Crippen LogP contribution in [0.3, 0.4) is 0 Å². The van der Waals surface area contributed by atoms with E-state index in [2.05, 4.69) is 24.3 Å². The van der Waals surface area contributed by atoms with Crippen LogP contribution in [0.25, 0.3) is 0 Å². The molecule has 0 amide bonds. The number of aromatic hydroxyl groups is 3. The number of phenolic OH excluding ortho intramolecular Hbond substituents is 3. The molecule has 0 saturated heterocycles. The first kappa shape index (κ1) is 29.5. The fraction of sp³-hybridized carbons (Fsp3) is 0.406. The number of benzene rings is 3. The second-order valence-corrected chi connectivity index (χ2v) is 11.0. The van der Waals surface area contributed by atoms with Gasteiger partial charge >= 0.3 is 0 Å². The molecule has 7 rings (SSSR count). The first-order chi connectivity index (χ1) is 17.4. The van der Waals surface area contributed by atoms with Gasteiger partial charge in [-0.05, 0) is 104 Å². The van der Waals surface area contributed by atoms with Gasteiger partial charge in [0.1, 0.15) is 23.0 Å². The van der Waals surface area contributed by atoms with Crippen molar-refractivity contribution in [2.75, 3.05) is 0 Å². The highest BCUT2D eigenvalue weighted by molar-refractivity contribution is 5.85. The summed E-state index contributed by atoms with van der Waals surface area (Å²) in [6, 6.07) is 24.2. The molecule has 4 saturated carbocycles. The lowest BCUT2D eigenvalue weighted by atomic mass is 9.64. The zero-order valence-electron chi connectivity index (χ0n) is 21.6. The molecule has 0 aromatic heterocycles. The number of fused-ring (bicyclic) bond motifs is 4. The van der Waals surface area contributed by atoms with Crippen LogP contribution < -0.4 is 0 Å². The minimum absolute atomic E-state index is 0. The number of halogens is 1. The Hall–Kier alpha value is -3.02. The van der Waals surface area contributed by atoms with Crippen LogP contribution in [-0.2, 0) is 10.2 Å². The van der Waals surface area contributed by atoms with Crippen LogP contribution in [0.15, 0.2) is 78.9 Å². The van der Waals surface area contributed by atoms with Crippen LogP contribution in [0, 0.1) is 23.7 Å². The summed E-state index contributed by atoms with van der Waals surface area (Å²) in [5, 5.41) is 27.8. The Labute approximate surface area is 231 Å². The minimum atomic E-state index is 0. The van der Waals surface area contributed by atoms with Crippen molar-refractivity contribution in [3.8, 4) is 17.2 Å². The maximum Gasteiger partial charge on any atom is 0.136 e. The molecular formula is C32H39ClO5. The average molecular weight is 539 g/mol. The summed E-state index contributed by atoms with van der Waals surface area (Å²) in [6.07, 6.45) is 9.79. The molecule has 6 heteroatoms. The highest BCUT2D eigenvalue weighted by atomic mass is 35.5. The number of ketones is 1. The molecule has 204 valence electrons.